The van der Waals surface area contributed by atoms with Gasteiger partial charge in [-0.05, 0) is 52.6 Å². The van der Waals surface area contributed by atoms with Crippen LogP contribution >= 0.6 is 15.9 Å². The number of likely N-dealkylation sites (N-methyl/N-ethyl adjacent to an activating group) is 1. The molecule has 0 spiro atoms. The Morgan fingerprint density at radius 2 is 1.90 bits per heavy atom. The summed E-state index contributed by atoms with van der Waals surface area (Å²) in [6, 6.07) is 6.77. The van der Waals surface area contributed by atoms with Crippen molar-refractivity contribution in [3.05, 3.63) is 28.2 Å². The van der Waals surface area contributed by atoms with Crippen LogP contribution in [0.3, 0.4) is 0 Å². The van der Waals surface area contributed by atoms with E-state index >= 15 is 0 Å². The quantitative estimate of drug-likeness (QED) is 0.845. The molecule has 0 radical (unpaired) electrons. The lowest BCUT2D eigenvalue weighted by Crippen LogP contribution is -2.46. The lowest BCUT2D eigenvalue weighted by Gasteiger charge is -2.36. The van der Waals surface area contributed by atoms with E-state index in [2.05, 4.69) is 70.0 Å². The molecule has 0 unspecified atom stereocenters. The zero-order valence-corrected chi connectivity index (χ0v) is 15.1. The second-order valence-corrected chi connectivity index (χ2v) is 7.09. The first-order valence-electron chi connectivity index (χ1n) is 8.06. The summed E-state index contributed by atoms with van der Waals surface area (Å²) >= 11 is 3.75. The van der Waals surface area contributed by atoms with E-state index in [-0.39, 0.29) is 0 Å². The maximum atomic E-state index is 3.75. The summed E-state index contributed by atoms with van der Waals surface area (Å²) in [7, 11) is 0. The summed E-state index contributed by atoms with van der Waals surface area (Å²) in [4.78, 5) is 5.00. The van der Waals surface area contributed by atoms with Crippen LogP contribution in [0.25, 0.3) is 0 Å². The fourth-order valence-corrected chi connectivity index (χ4v) is 3.40. The van der Waals surface area contributed by atoms with E-state index in [4.69, 9.17) is 0 Å². The van der Waals surface area contributed by atoms with Crippen LogP contribution in [0.15, 0.2) is 22.7 Å². The molecule has 1 fully saturated rings. The average Bonchev–Trinajstić information content (AvgIpc) is 2.47. The Morgan fingerprint density at radius 3 is 2.48 bits per heavy atom. The number of piperazine rings is 1. The minimum atomic E-state index is 0.697. The maximum absolute atomic E-state index is 3.75. The van der Waals surface area contributed by atoms with E-state index in [0.29, 0.717) is 5.92 Å². The molecule has 3 nitrogen and oxygen atoms in total. The summed E-state index contributed by atoms with van der Waals surface area (Å²) in [5.41, 5.74) is 2.68. The zero-order chi connectivity index (χ0) is 15.2. The van der Waals surface area contributed by atoms with Gasteiger partial charge in [-0.2, -0.15) is 0 Å². The van der Waals surface area contributed by atoms with Crippen molar-refractivity contribution >= 4 is 21.6 Å². The SMILES string of the molecule is CCN1CCN(c2ccc(CNCC(C)C)cc2Br)CC1. The molecule has 2 rings (SSSR count). The van der Waals surface area contributed by atoms with Gasteiger partial charge in [0.15, 0.2) is 0 Å². The van der Waals surface area contributed by atoms with Crippen molar-refractivity contribution in [1.29, 1.82) is 0 Å². The second kappa shape index (κ2) is 8.16. The minimum Gasteiger partial charge on any atom is -0.368 e. The van der Waals surface area contributed by atoms with Crippen molar-refractivity contribution in [3.8, 4) is 0 Å². The van der Waals surface area contributed by atoms with Crippen molar-refractivity contribution in [2.24, 2.45) is 5.92 Å². The lowest BCUT2D eigenvalue weighted by atomic mass is 10.1. The van der Waals surface area contributed by atoms with Gasteiger partial charge in [0.25, 0.3) is 0 Å². The monoisotopic (exact) mass is 353 g/mol. The highest BCUT2D eigenvalue weighted by Gasteiger charge is 2.17. The van der Waals surface area contributed by atoms with E-state index in [9.17, 15) is 0 Å². The molecule has 118 valence electrons. The number of hydrogen-bond donors (Lipinski definition) is 1. The fraction of sp³-hybridized carbons (Fsp3) is 0.647. The molecule has 1 aliphatic heterocycles. The smallest absolute Gasteiger partial charge is 0.0511 e. The Morgan fingerprint density at radius 1 is 1.19 bits per heavy atom. The Balaban J connectivity index is 1.93. The Labute approximate surface area is 137 Å². The van der Waals surface area contributed by atoms with Crippen molar-refractivity contribution in [2.75, 3.05) is 44.2 Å². The van der Waals surface area contributed by atoms with Crippen LogP contribution in [0.5, 0.6) is 0 Å². The molecule has 1 N–H and O–H groups in total. The van der Waals surface area contributed by atoms with E-state index in [0.717, 1.165) is 32.7 Å². The summed E-state index contributed by atoms with van der Waals surface area (Å²) < 4.78 is 1.22. The highest BCUT2D eigenvalue weighted by Crippen LogP contribution is 2.28. The Bertz CT molecular complexity index is 440. The third-order valence-corrected chi connectivity index (χ3v) is 4.69. The number of halogens is 1. The molecule has 0 saturated carbocycles. The van der Waals surface area contributed by atoms with Gasteiger partial charge < -0.3 is 15.1 Å². The summed E-state index contributed by atoms with van der Waals surface area (Å²) in [6.07, 6.45) is 0. The van der Waals surface area contributed by atoms with Crippen molar-refractivity contribution < 1.29 is 0 Å². The number of nitrogens with zero attached hydrogens (tertiary/aromatic N) is 2. The minimum absolute atomic E-state index is 0.697. The van der Waals surface area contributed by atoms with Crippen molar-refractivity contribution in [1.82, 2.24) is 10.2 Å². The van der Waals surface area contributed by atoms with Gasteiger partial charge in [0, 0.05) is 37.2 Å². The van der Waals surface area contributed by atoms with E-state index in [1.165, 1.54) is 28.8 Å². The zero-order valence-electron chi connectivity index (χ0n) is 13.5. The molecule has 0 aromatic heterocycles. The molecule has 0 aliphatic carbocycles. The predicted octanol–water partition coefficient (Wildman–Crippen LogP) is 3.34. The predicted molar refractivity (Wildman–Crippen MR) is 95.0 cm³/mol. The number of hydrogen-bond acceptors (Lipinski definition) is 3. The van der Waals surface area contributed by atoms with Crippen LogP contribution < -0.4 is 10.2 Å². The molecule has 1 aromatic carbocycles. The molecule has 1 aromatic rings. The Kier molecular flexibility index (Phi) is 6.52. The summed E-state index contributed by atoms with van der Waals surface area (Å²) in [5.74, 6) is 0.697. The maximum Gasteiger partial charge on any atom is 0.0511 e. The molecule has 1 aliphatic rings. The lowest BCUT2D eigenvalue weighted by molar-refractivity contribution is 0.271. The van der Waals surface area contributed by atoms with Gasteiger partial charge in [-0.25, -0.2) is 0 Å². The first kappa shape index (κ1) is 16.8. The number of rotatable bonds is 6. The molecule has 1 saturated heterocycles. The van der Waals surface area contributed by atoms with Crippen LogP contribution in [0.2, 0.25) is 0 Å². The number of benzene rings is 1. The van der Waals surface area contributed by atoms with Gasteiger partial charge in [-0.3, -0.25) is 0 Å². The van der Waals surface area contributed by atoms with Gasteiger partial charge in [0.2, 0.25) is 0 Å². The van der Waals surface area contributed by atoms with Gasteiger partial charge in [-0.1, -0.05) is 26.8 Å². The summed E-state index contributed by atoms with van der Waals surface area (Å²) in [6.45, 7) is 14.5. The van der Waals surface area contributed by atoms with E-state index in [1.807, 2.05) is 0 Å². The summed E-state index contributed by atoms with van der Waals surface area (Å²) in [5, 5.41) is 3.50. The molecule has 0 bridgehead atoms. The molecular weight excluding hydrogens is 326 g/mol. The van der Waals surface area contributed by atoms with Gasteiger partial charge in [0.05, 0.1) is 5.69 Å². The highest BCUT2D eigenvalue weighted by molar-refractivity contribution is 9.10. The first-order chi connectivity index (χ1) is 10.1. The van der Waals surface area contributed by atoms with Gasteiger partial charge in [0.1, 0.15) is 0 Å². The van der Waals surface area contributed by atoms with E-state index < -0.39 is 0 Å². The third kappa shape index (κ3) is 4.97. The van der Waals surface area contributed by atoms with Gasteiger partial charge in [-0.15, -0.1) is 0 Å². The average molecular weight is 354 g/mol. The van der Waals surface area contributed by atoms with Crippen LogP contribution in [0.1, 0.15) is 26.3 Å². The van der Waals surface area contributed by atoms with Crippen LogP contribution in [-0.4, -0.2) is 44.2 Å². The molecule has 4 heteroatoms. The third-order valence-electron chi connectivity index (χ3n) is 4.05. The van der Waals surface area contributed by atoms with Crippen molar-refractivity contribution in [2.45, 2.75) is 27.3 Å². The van der Waals surface area contributed by atoms with Crippen LogP contribution in [-0.2, 0) is 6.54 Å². The van der Waals surface area contributed by atoms with Crippen LogP contribution in [0.4, 0.5) is 5.69 Å². The number of nitrogens with one attached hydrogen (secondary N) is 1. The van der Waals surface area contributed by atoms with Gasteiger partial charge >= 0.3 is 0 Å². The van der Waals surface area contributed by atoms with Crippen LogP contribution in [0, 0.1) is 5.92 Å². The molecule has 0 amide bonds. The highest BCUT2D eigenvalue weighted by atomic mass is 79.9. The number of anilines is 1. The van der Waals surface area contributed by atoms with E-state index in [1.54, 1.807) is 0 Å². The van der Waals surface area contributed by atoms with Crippen molar-refractivity contribution in [3.63, 3.8) is 0 Å². The largest absolute Gasteiger partial charge is 0.368 e. The fourth-order valence-electron chi connectivity index (χ4n) is 2.73. The topological polar surface area (TPSA) is 18.5 Å². The molecule has 21 heavy (non-hydrogen) atoms. The second-order valence-electron chi connectivity index (χ2n) is 6.23. The standard InChI is InChI=1S/C17H28BrN3/c1-4-20-7-9-21(10-8-20)17-6-5-15(11-16(17)18)13-19-12-14(2)3/h5-6,11,14,19H,4,7-10,12-13H2,1-3H3. The molecule has 1 heterocycles. The molecule has 0 atom stereocenters. The molecular formula is C17H28BrN3. The normalized spacial score (nSPS) is 16.7. The first-order valence-corrected chi connectivity index (χ1v) is 8.86. The Hall–Kier alpha value is -0.580.